The predicted octanol–water partition coefficient (Wildman–Crippen LogP) is 0.815. The monoisotopic (exact) mass is 246 g/mol. The van der Waals surface area contributed by atoms with Crippen LogP contribution in [0.15, 0.2) is 12.4 Å². The molecule has 18 heavy (non-hydrogen) atoms. The highest BCUT2D eigenvalue weighted by Gasteiger charge is 2.20. The molecule has 2 heterocycles. The lowest BCUT2D eigenvalue weighted by molar-refractivity contribution is 0.671. The minimum absolute atomic E-state index is 0.694. The van der Waals surface area contributed by atoms with Crippen LogP contribution in [0.3, 0.4) is 0 Å². The fraction of sp³-hybridized carbons (Fsp3) is 0.583. The van der Waals surface area contributed by atoms with Crippen molar-refractivity contribution >= 4 is 0 Å². The second kappa shape index (κ2) is 4.53. The number of hydrogen-bond acceptors (Lipinski definition) is 4. The molecule has 3 rings (SSSR count). The van der Waals surface area contributed by atoms with Gasteiger partial charge in [0.15, 0.2) is 0 Å². The van der Waals surface area contributed by atoms with E-state index in [1.54, 1.807) is 0 Å². The van der Waals surface area contributed by atoms with E-state index >= 15 is 0 Å². The lowest BCUT2D eigenvalue weighted by Gasteiger charge is -1.98. The Bertz CT molecular complexity index is 537. The second-order valence-corrected chi connectivity index (χ2v) is 4.80. The zero-order valence-electron chi connectivity index (χ0n) is 10.8. The van der Waals surface area contributed by atoms with E-state index in [4.69, 9.17) is 0 Å². The largest absolute Gasteiger partial charge is 0.308 e. The maximum atomic E-state index is 4.41. The van der Waals surface area contributed by atoms with Crippen LogP contribution in [-0.2, 0) is 20.0 Å². The molecule has 1 aliphatic carbocycles. The fourth-order valence-corrected chi connectivity index (χ4v) is 2.00. The highest BCUT2D eigenvalue weighted by Crippen LogP contribution is 2.19. The van der Waals surface area contributed by atoms with E-state index in [1.165, 1.54) is 12.8 Å². The average molecular weight is 246 g/mol. The molecule has 6 nitrogen and oxygen atoms in total. The molecule has 6 heteroatoms. The molecule has 2 aromatic heterocycles. The van der Waals surface area contributed by atoms with Crippen molar-refractivity contribution in [3.63, 3.8) is 0 Å². The van der Waals surface area contributed by atoms with E-state index < -0.39 is 0 Å². The molecule has 0 atom stereocenters. The van der Waals surface area contributed by atoms with Crippen LogP contribution < -0.4 is 5.32 Å². The third-order valence-corrected chi connectivity index (χ3v) is 3.15. The Morgan fingerprint density at radius 3 is 2.94 bits per heavy atom. The predicted molar refractivity (Wildman–Crippen MR) is 67.4 cm³/mol. The molecule has 1 saturated carbocycles. The lowest BCUT2D eigenvalue weighted by Crippen LogP contribution is -2.15. The molecule has 0 amide bonds. The minimum atomic E-state index is 0.694. The highest BCUT2D eigenvalue weighted by molar-refractivity contribution is 5.33. The number of aryl methyl sites for hydroxylation is 2. The second-order valence-electron chi connectivity index (χ2n) is 4.80. The topological polar surface area (TPSA) is 60.6 Å². The van der Waals surface area contributed by atoms with Gasteiger partial charge in [-0.25, -0.2) is 4.68 Å². The molecule has 0 aromatic carbocycles. The Labute approximate surface area is 106 Å². The van der Waals surface area contributed by atoms with Crippen molar-refractivity contribution in [2.24, 2.45) is 7.05 Å². The molecule has 0 spiro atoms. The lowest BCUT2D eigenvalue weighted by atomic mass is 10.3. The van der Waals surface area contributed by atoms with E-state index in [9.17, 15) is 0 Å². The molecule has 0 aliphatic heterocycles. The molecule has 1 fully saturated rings. The number of hydrogen-bond donors (Lipinski definition) is 1. The molecular formula is C12H18N6. The molecule has 2 aromatic rings. The first-order valence-corrected chi connectivity index (χ1v) is 6.43. The van der Waals surface area contributed by atoms with Crippen molar-refractivity contribution in [3.05, 3.63) is 23.8 Å². The van der Waals surface area contributed by atoms with E-state index in [2.05, 4.69) is 27.7 Å². The van der Waals surface area contributed by atoms with Crippen molar-refractivity contribution in [2.75, 3.05) is 0 Å². The van der Waals surface area contributed by atoms with Gasteiger partial charge in [-0.1, -0.05) is 12.1 Å². The van der Waals surface area contributed by atoms with Crippen LogP contribution >= 0.6 is 0 Å². The van der Waals surface area contributed by atoms with Crippen LogP contribution in [0.2, 0.25) is 0 Å². The summed E-state index contributed by atoms with van der Waals surface area (Å²) in [5.41, 5.74) is 3.04. The smallest absolute Gasteiger partial charge is 0.107 e. The van der Waals surface area contributed by atoms with Crippen molar-refractivity contribution in [1.29, 1.82) is 0 Å². The van der Waals surface area contributed by atoms with Crippen LogP contribution in [0.5, 0.6) is 0 Å². The van der Waals surface area contributed by atoms with Gasteiger partial charge >= 0.3 is 0 Å². The maximum Gasteiger partial charge on any atom is 0.107 e. The van der Waals surface area contributed by atoms with Crippen LogP contribution in [0, 0.1) is 0 Å². The summed E-state index contributed by atoms with van der Waals surface area (Å²) >= 11 is 0. The van der Waals surface area contributed by atoms with Gasteiger partial charge < -0.3 is 5.32 Å². The SMILES string of the molecule is CCc1nn(C)cc1-n1cc(CNC2CC2)nn1. The molecule has 0 unspecified atom stereocenters. The van der Waals surface area contributed by atoms with Crippen molar-refractivity contribution in [2.45, 2.75) is 38.8 Å². The molecule has 1 N–H and O–H groups in total. The van der Waals surface area contributed by atoms with Crippen LogP contribution in [-0.4, -0.2) is 30.8 Å². The first-order valence-electron chi connectivity index (χ1n) is 6.43. The van der Waals surface area contributed by atoms with Crippen molar-refractivity contribution < 1.29 is 0 Å². The summed E-state index contributed by atoms with van der Waals surface area (Å²) < 4.78 is 3.63. The van der Waals surface area contributed by atoms with Gasteiger partial charge in [-0.2, -0.15) is 5.10 Å². The van der Waals surface area contributed by atoms with Gasteiger partial charge in [0.1, 0.15) is 5.69 Å². The van der Waals surface area contributed by atoms with Crippen LogP contribution in [0.1, 0.15) is 31.2 Å². The average Bonchev–Trinajstić information content (AvgIpc) is 2.94. The molecule has 0 radical (unpaired) electrons. The molecule has 96 valence electrons. The van der Waals surface area contributed by atoms with Gasteiger partial charge in [0.05, 0.1) is 23.8 Å². The van der Waals surface area contributed by atoms with E-state index in [-0.39, 0.29) is 0 Å². The van der Waals surface area contributed by atoms with E-state index in [0.717, 1.165) is 30.0 Å². The zero-order valence-corrected chi connectivity index (χ0v) is 10.8. The number of nitrogens with zero attached hydrogens (tertiary/aromatic N) is 5. The summed E-state index contributed by atoms with van der Waals surface area (Å²) in [5.74, 6) is 0. The quantitative estimate of drug-likeness (QED) is 0.848. The van der Waals surface area contributed by atoms with Gasteiger partial charge in [-0.3, -0.25) is 4.68 Å². The Morgan fingerprint density at radius 1 is 1.39 bits per heavy atom. The van der Waals surface area contributed by atoms with Crippen molar-refractivity contribution in [3.8, 4) is 5.69 Å². The summed E-state index contributed by atoms with van der Waals surface area (Å²) in [4.78, 5) is 0. The van der Waals surface area contributed by atoms with Gasteiger partial charge in [-0.05, 0) is 19.3 Å². The Morgan fingerprint density at radius 2 is 2.22 bits per heavy atom. The summed E-state index contributed by atoms with van der Waals surface area (Å²) in [6.07, 6.45) is 7.43. The molecular weight excluding hydrogens is 228 g/mol. The fourth-order valence-electron chi connectivity index (χ4n) is 2.00. The summed E-state index contributed by atoms with van der Waals surface area (Å²) in [6.45, 7) is 2.89. The summed E-state index contributed by atoms with van der Waals surface area (Å²) in [6, 6.07) is 0.694. The standard InChI is InChI=1S/C12H18N6/c1-3-11-12(8-17(2)15-11)18-7-10(14-16-18)6-13-9-4-5-9/h7-9,13H,3-6H2,1-2H3. The Balaban J connectivity index is 1.78. The molecule has 0 saturated heterocycles. The van der Waals surface area contributed by atoms with E-state index in [1.807, 2.05) is 28.8 Å². The summed E-state index contributed by atoms with van der Waals surface area (Å²) in [7, 11) is 1.93. The van der Waals surface area contributed by atoms with Gasteiger partial charge in [0, 0.05) is 19.6 Å². The first kappa shape index (κ1) is 11.4. The third kappa shape index (κ3) is 2.28. The maximum absolute atomic E-state index is 4.41. The van der Waals surface area contributed by atoms with Gasteiger partial charge in [0.25, 0.3) is 0 Å². The molecule has 0 bridgehead atoms. The van der Waals surface area contributed by atoms with Crippen molar-refractivity contribution in [1.82, 2.24) is 30.1 Å². The van der Waals surface area contributed by atoms with E-state index in [0.29, 0.717) is 6.04 Å². The number of rotatable bonds is 5. The Kier molecular flexibility index (Phi) is 2.87. The first-order chi connectivity index (χ1) is 8.76. The van der Waals surface area contributed by atoms with Gasteiger partial charge in [0.2, 0.25) is 0 Å². The molecule has 1 aliphatic rings. The summed E-state index contributed by atoms with van der Waals surface area (Å²) in [5, 5.41) is 16.2. The van der Waals surface area contributed by atoms with Crippen LogP contribution in [0.25, 0.3) is 5.69 Å². The zero-order chi connectivity index (χ0) is 12.5. The number of aromatic nitrogens is 5. The normalized spacial score (nSPS) is 15.2. The minimum Gasteiger partial charge on any atom is -0.308 e. The van der Waals surface area contributed by atoms with Crippen LogP contribution in [0.4, 0.5) is 0 Å². The van der Waals surface area contributed by atoms with Gasteiger partial charge in [-0.15, -0.1) is 5.10 Å². The Hall–Kier alpha value is -1.69. The number of nitrogens with one attached hydrogen (secondary N) is 1. The highest BCUT2D eigenvalue weighted by atomic mass is 15.4. The third-order valence-electron chi connectivity index (χ3n) is 3.15.